The zero-order valence-electron chi connectivity index (χ0n) is 10.8. The van der Waals surface area contributed by atoms with Crippen molar-refractivity contribution in [2.45, 2.75) is 6.54 Å². The van der Waals surface area contributed by atoms with Crippen LogP contribution in [0.1, 0.15) is 15.9 Å². The molecular formula is C13H14N4O3. The van der Waals surface area contributed by atoms with Gasteiger partial charge in [0, 0.05) is 31.0 Å². The number of carbonyl (C=O) groups excluding carboxylic acids is 1. The molecule has 1 heterocycles. The number of carboxylic acids is 1. The lowest BCUT2D eigenvalue weighted by molar-refractivity contribution is 0.0697. The van der Waals surface area contributed by atoms with Gasteiger partial charge in [-0.3, -0.25) is 4.68 Å². The average molecular weight is 274 g/mol. The van der Waals surface area contributed by atoms with Crippen molar-refractivity contribution >= 4 is 17.7 Å². The predicted molar refractivity (Wildman–Crippen MR) is 72.5 cm³/mol. The first-order valence-electron chi connectivity index (χ1n) is 5.90. The minimum absolute atomic E-state index is 0.173. The molecule has 0 aliphatic rings. The molecule has 0 aliphatic carbocycles. The number of benzene rings is 1. The van der Waals surface area contributed by atoms with Crippen molar-refractivity contribution in [2.75, 3.05) is 5.32 Å². The number of amides is 2. The molecule has 1 aromatic heterocycles. The maximum absolute atomic E-state index is 11.6. The highest BCUT2D eigenvalue weighted by Crippen LogP contribution is 2.09. The van der Waals surface area contributed by atoms with Gasteiger partial charge >= 0.3 is 12.0 Å². The molecule has 3 N–H and O–H groups in total. The summed E-state index contributed by atoms with van der Waals surface area (Å²) < 4.78 is 1.65. The lowest BCUT2D eigenvalue weighted by atomic mass is 10.2. The SMILES string of the molecule is Cn1cc(CNC(=O)Nc2ccc(C(=O)O)cc2)cn1. The van der Waals surface area contributed by atoms with Crippen molar-refractivity contribution < 1.29 is 14.7 Å². The van der Waals surface area contributed by atoms with Crippen LogP contribution in [-0.4, -0.2) is 26.9 Å². The van der Waals surface area contributed by atoms with Crippen molar-refractivity contribution in [1.29, 1.82) is 0 Å². The minimum Gasteiger partial charge on any atom is -0.478 e. The third-order valence-corrected chi connectivity index (χ3v) is 2.60. The van der Waals surface area contributed by atoms with Crippen LogP contribution in [0, 0.1) is 0 Å². The van der Waals surface area contributed by atoms with Crippen LogP contribution >= 0.6 is 0 Å². The van der Waals surface area contributed by atoms with E-state index in [0.29, 0.717) is 12.2 Å². The molecule has 7 nitrogen and oxygen atoms in total. The lowest BCUT2D eigenvalue weighted by Crippen LogP contribution is -2.28. The second-order valence-corrected chi connectivity index (χ2v) is 4.21. The largest absolute Gasteiger partial charge is 0.478 e. The number of nitrogens with one attached hydrogen (secondary N) is 2. The molecule has 0 radical (unpaired) electrons. The molecule has 0 saturated heterocycles. The fourth-order valence-corrected chi connectivity index (χ4v) is 1.62. The smallest absolute Gasteiger partial charge is 0.335 e. The third-order valence-electron chi connectivity index (χ3n) is 2.60. The minimum atomic E-state index is -1.00. The lowest BCUT2D eigenvalue weighted by Gasteiger charge is -2.06. The molecule has 104 valence electrons. The third kappa shape index (κ3) is 3.58. The summed E-state index contributed by atoms with van der Waals surface area (Å²) in [4.78, 5) is 22.3. The first-order chi connectivity index (χ1) is 9.54. The van der Waals surface area contributed by atoms with Crippen LogP contribution < -0.4 is 10.6 Å². The first kappa shape index (κ1) is 13.6. The van der Waals surface area contributed by atoms with E-state index in [9.17, 15) is 9.59 Å². The Labute approximate surface area is 115 Å². The van der Waals surface area contributed by atoms with Crippen LogP contribution in [0.5, 0.6) is 0 Å². The van der Waals surface area contributed by atoms with Gasteiger partial charge in [-0.1, -0.05) is 0 Å². The van der Waals surface area contributed by atoms with Crippen LogP contribution in [0.15, 0.2) is 36.7 Å². The number of rotatable bonds is 4. The Bertz CT molecular complexity index is 619. The van der Waals surface area contributed by atoms with E-state index in [-0.39, 0.29) is 11.6 Å². The summed E-state index contributed by atoms with van der Waals surface area (Å²) in [5, 5.41) is 18.0. The number of nitrogens with zero attached hydrogens (tertiary/aromatic N) is 2. The monoisotopic (exact) mass is 274 g/mol. The molecule has 0 atom stereocenters. The highest BCUT2D eigenvalue weighted by Gasteiger charge is 2.05. The second kappa shape index (κ2) is 5.87. The fourth-order valence-electron chi connectivity index (χ4n) is 1.62. The molecule has 2 rings (SSSR count). The molecule has 0 bridgehead atoms. The Hall–Kier alpha value is -2.83. The first-order valence-corrected chi connectivity index (χ1v) is 5.90. The number of anilines is 1. The van der Waals surface area contributed by atoms with Gasteiger partial charge in [-0.15, -0.1) is 0 Å². The van der Waals surface area contributed by atoms with Crippen molar-refractivity contribution in [3.05, 3.63) is 47.8 Å². The number of aromatic nitrogens is 2. The van der Waals surface area contributed by atoms with E-state index >= 15 is 0 Å². The molecule has 0 aliphatic heterocycles. The Morgan fingerprint density at radius 2 is 2.00 bits per heavy atom. The second-order valence-electron chi connectivity index (χ2n) is 4.21. The van der Waals surface area contributed by atoms with E-state index < -0.39 is 5.97 Å². The van der Waals surface area contributed by atoms with Crippen LogP contribution in [0.4, 0.5) is 10.5 Å². The molecule has 0 spiro atoms. The van der Waals surface area contributed by atoms with Gasteiger partial charge in [0.1, 0.15) is 0 Å². The molecule has 0 saturated carbocycles. The number of aryl methyl sites for hydroxylation is 1. The van der Waals surface area contributed by atoms with Gasteiger partial charge < -0.3 is 15.7 Å². The topological polar surface area (TPSA) is 96.2 Å². The summed E-state index contributed by atoms with van der Waals surface area (Å²) >= 11 is 0. The molecule has 2 amide bonds. The van der Waals surface area contributed by atoms with Gasteiger partial charge in [0.05, 0.1) is 11.8 Å². The number of aromatic carboxylic acids is 1. The number of urea groups is 1. The molecular weight excluding hydrogens is 260 g/mol. The number of hydrogen-bond acceptors (Lipinski definition) is 3. The van der Waals surface area contributed by atoms with Gasteiger partial charge in [0.15, 0.2) is 0 Å². The molecule has 1 aromatic carbocycles. The zero-order chi connectivity index (χ0) is 14.5. The van der Waals surface area contributed by atoms with Crippen molar-refractivity contribution in [1.82, 2.24) is 15.1 Å². The van der Waals surface area contributed by atoms with Crippen molar-refractivity contribution in [3.63, 3.8) is 0 Å². The van der Waals surface area contributed by atoms with E-state index in [1.807, 2.05) is 6.20 Å². The van der Waals surface area contributed by atoms with Crippen LogP contribution in [0.2, 0.25) is 0 Å². The van der Waals surface area contributed by atoms with Gasteiger partial charge in [-0.25, -0.2) is 9.59 Å². The standard InChI is InChI=1S/C13H14N4O3/c1-17-8-9(7-15-17)6-14-13(20)16-11-4-2-10(3-5-11)12(18)19/h2-5,7-8H,6H2,1H3,(H,18,19)(H2,14,16,20). The Kier molecular flexibility index (Phi) is 3.99. The summed E-state index contributed by atoms with van der Waals surface area (Å²) in [6.07, 6.45) is 3.48. The predicted octanol–water partition coefficient (Wildman–Crippen LogP) is 1.44. The van der Waals surface area contributed by atoms with Gasteiger partial charge in [-0.2, -0.15) is 5.10 Å². The maximum Gasteiger partial charge on any atom is 0.335 e. The zero-order valence-corrected chi connectivity index (χ0v) is 10.8. The molecule has 0 unspecified atom stereocenters. The van der Waals surface area contributed by atoms with Gasteiger partial charge in [0.25, 0.3) is 0 Å². The number of carboxylic acid groups (broad SMARTS) is 1. The Morgan fingerprint density at radius 3 is 2.55 bits per heavy atom. The Balaban J connectivity index is 1.86. The molecule has 7 heteroatoms. The Morgan fingerprint density at radius 1 is 1.30 bits per heavy atom. The molecule has 0 fully saturated rings. The summed E-state index contributed by atoms with van der Waals surface area (Å²) in [6.45, 7) is 0.368. The average Bonchev–Trinajstić information content (AvgIpc) is 2.83. The van der Waals surface area contributed by atoms with Crippen LogP contribution in [-0.2, 0) is 13.6 Å². The van der Waals surface area contributed by atoms with Crippen LogP contribution in [0.3, 0.4) is 0 Å². The fraction of sp³-hybridized carbons (Fsp3) is 0.154. The summed E-state index contributed by atoms with van der Waals surface area (Å²) in [5.41, 5.74) is 1.59. The summed E-state index contributed by atoms with van der Waals surface area (Å²) in [6, 6.07) is 5.56. The highest BCUT2D eigenvalue weighted by atomic mass is 16.4. The highest BCUT2D eigenvalue weighted by molar-refractivity contribution is 5.91. The van der Waals surface area contributed by atoms with Crippen molar-refractivity contribution in [2.24, 2.45) is 7.05 Å². The maximum atomic E-state index is 11.6. The van der Waals surface area contributed by atoms with E-state index in [1.54, 1.807) is 17.9 Å². The van der Waals surface area contributed by atoms with Gasteiger partial charge in [0.2, 0.25) is 0 Å². The van der Waals surface area contributed by atoms with E-state index in [4.69, 9.17) is 5.11 Å². The van der Waals surface area contributed by atoms with E-state index in [0.717, 1.165) is 5.56 Å². The normalized spacial score (nSPS) is 10.1. The summed E-state index contributed by atoms with van der Waals surface area (Å²) in [5.74, 6) is -1.00. The van der Waals surface area contributed by atoms with Crippen molar-refractivity contribution in [3.8, 4) is 0 Å². The van der Waals surface area contributed by atoms with Crippen LogP contribution in [0.25, 0.3) is 0 Å². The molecule has 20 heavy (non-hydrogen) atoms. The summed E-state index contributed by atoms with van der Waals surface area (Å²) in [7, 11) is 1.80. The van der Waals surface area contributed by atoms with E-state index in [1.165, 1.54) is 24.3 Å². The van der Waals surface area contributed by atoms with Gasteiger partial charge in [-0.05, 0) is 24.3 Å². The van der Waals surface area contributed by atoms with E-state index in [2.05, 4.69) is 15.7 Å². The number of carbonyl (C=O) groups is 2. The number of hydrogen-bond donors (Lipinski definition) is 3. The quantitative estimate of drug-likeness (QED) is 0.786. The molecule has 2 aromatic rings.